The molecule has 1 aromatic carbocycles. The van der Waals surface area contributed by atoms with E-state index in [1.807, 2.05) is 25.1 Å². The van der Waals surface area contributed by atoms with Crippen LogP contribution >= 0.6 is 24.0 Å². The van der Waals surface area contributed by atoms with Crippen molar-refractivity contribution in [3.8, 4) is 5.88 Å². The minimum Gasteiger partial charge on any atom is -0.475 e. The fourth-order valence-electron chi connectivity index (χ4n) is 2.57. The van der Waals surface area contributed by atoms with Gasteiger partial charge in [-0.25, -0.2) is 9.37 Å². The number of pyridine rings is 1. The molecule has 0 aliphatic carbocycles. The summed E-state index contributed by atoms with van der Waals surface area (Å²) in [4.78, 5) is 8.49. The summed E-state index contributed by atoms with van der Waals surface area (Å²) in [5.74, 6) is 1.06. The monoisotopic (exact) mass is 502 g/mol. The van der Waals surface area contributed by atoms with Gasteiger partial charge in [0.2, 0.25) is 5.88 Å². The SMILES string of the molecule is CN=C(NCCc1ccc(F)cc1C)NCc1cccnc1OCCOC.I. The molecule has 0 unspecified atom stereocenters. The highest BCUT2D eigenvalue weighted by molar-refractivity contribution is 14.0. The van der Waals surface area contributed by atoms with Gasteiger partial charge in [0.05, 0.1) is 6.61 Å². The van der Waals surface area contributed by atoms with Crippen molar-refractivity contribution in [1.82, 2.24) is 15.6 Å². The predicted molar refractivity (Wildman–Crippen MR) is 120 cm³/mol. The molecular weight excluding hydrogens is 474 g/mol. The van der Waals surface area contributed by atoms with Crippen LogP contribution in [0.15, 0.2) is 41.5 Å². The molecule has 2 rings (SSSR count). The second kappa shape index (κ2) is 13.3. The van der Waals surface area contributed by atoms with Crippen LogP contribution in [-0.4, -0.2) is 44.9 Å². The number of hydrogen-bond donors (Lipinski definition) is 2. The Morgan fingerprint density at radius 1 is 1.18 bits per heavy atom. The molecule has 0 aliphatic heterocycles. The molecule has 2 aromatic rings. The molecule has 1 heterocycles. The molecule has 0 saturated carbocycles. The second-order valence-corrected chi connectivity index (χ2v) is 5.98. The Kier molecular flexibility index (Phi) is 11.4. The van der Waals surface area contributed by atoms with Gasteiger partial charge >= 0.3 is 0 Å². The summed E-state index contributed by atoms with van der Waals surface area (Å²) < 4.78 is 23.8. The summed E-state index contributed by atoms with van der Waals surface area (Å²) in [6, 6.07) is 8.69. The van der Waals surface area contributed by atoms with Gasteiger partial charge in [-0.1, -0.05) is 12.1 Å². The molecule has 154 valence electrons. The molecule has 0 saturated heterocycles. The van der Waals surface area contributed by atoms with Crippen molar-refractivity contribution in [2.45, 2.75) is 19.9 Å². The van der Waals surface area contributed by atoms with E-state index < -0.39 is 0 Å². The molecule has 6 nitrogen and oxygen atoms in total. The van der Waals surface area contributed by atoms with Crippen molar-refractivity contribution in [2.75, 3.05) is 33.9 Å². The van der Waals surface area contributed by atoms with E-state index in [9.17, 15) is 4.39 Å². The van der Waals surface area contributed by atoms with E-state index in [1.54, 1.807) is 26.4 Å². The highest BCUT2D eigenvalue weighted by Crippen LogP contribution is 2.14. The first-order valence-electron chi connectivity index (χ1n) is 8.89. The number of ether oxygens (including phenoxy) is 2. The van der Waals surface area contributed by atoms with Crippen LogP contribution in [-0.2, 0) is 17.7 Å². The van der Waals surface area contributed by atoms with Gasteiger partial charge in [-0.3, -0.25) is 4.99 Å². The van der Waals surface area contributed by atoms with Crippen LogP contribution in [0.25, 0.3) is 0 Å². The molecule has 0 spiro atoms. The molecule has 0 fully saturated rings. The van der Waals surface area contributed by atoms with Crippen LogP contribution in [0.3, 0.4) is 0 Å². The summed E-state index contributed by atoms with van der Waals surface area (Å²) >= 11 is 0. The number of benzene rings is 1. The van der Waals surface area contributed by atoms with E-state index in [4.69, 9.17) is 9.47 Å². The smallest absolute Gasteiger partial charge is 0.218 e. The average Bonchev–Trinajstić information content (AvgIpc) is 2.67. The Bertz CT molecular complexity index is 759. The lowest BCUT2D eigenvalue weighted by molar-refractivity contribution is 0.143. The largest absolute Gasteiger partial charge is 0.475 e. The van der Waals surface area contributed by atoms with Crippen LogP contribution < -0.4 is 15.4 Å². The Hall–Kier alpha value is -1.94. The fourth-order valence-corrected chi connectivity index (χ4v) is 2.57. The third-order valence-corrected chi connectivity index (χ3v) is 4.04. The lowest BCUT2D eigenvalue weighted by Crippen LogP contribution is -2.38. The number of aliphatic imine (C=N–C) groups is 1. The van der Waals surface area contributed by atoms with E-state index in [-0.39, 0.29) is 29.8 Å². The van der Waals surface area contributed by atoms with Crippen LogP contribution in [0.2, 0.25) is 0 Å². The molecule has 0 radical (unpaired) electrons. The minimum atomic E-state index is -0.207. The minimum absolute atomic E-state index is 0. The van der Waals surface area contributed by atoms with Crippen molar-refractivity contribution >= 4 is 29.9 Å². The summed E-state index contributed by atoms with van der Waals surface area (Å²) in [5, 5.41) is 6.52. The van der Waals surface area contributed by atoms with Crippen molar-refractivity contribution < 1.29 is 13.9 Å². The molecule has 2 N–H and O–H groups in total. The maximum atomic E-state index is 13.2. The zero-order valence-corrected chi connectivity index (χ0v) is 18.8. The van der Waals surface area contributed by atoms with Crippen molar-refractivity contribution in [2.24, 2.45) is 4.99 Å². The van der Waals surface area contributed by atoms with Crippen molar-refractivity contribution in [1.29, 1.82) is 0 Å². The van der Waals surface area contributed by atoms with E-state index >= 15 is 0 Å². The number of aryl methyl sites for hydroxylation is 1. The van der Waals surface area contributed by atoms with E-state index in [2.05, 4.69) is 20.6 Å². The molecular formula is C20H28FIN4O2. The van der Waals surface area contributed by atoms with Gasteiger partial charge in [0.1, 0.15) is 12.4 Å². The third kappa shape index (κ3) is 7.97. The van der Waals surface area contributed by atoms with Gasteiger partial charge in [0, 0.05) is 39.0 Å². The normalized spacial score (nSPS) is 10.9. The first-order chi connectivity index (χ1) is 13.1. The molecule has 0 bridgehead atoms. The standard InChI is InChI=1S/C20H27FN4O2.HI/c1-15-13-18(21)7-6-16(15)8-10-24-20(22-2)25-14-17-5-4-9-23-19(17)27-12-11-26-3;/h4-7,9,13H,8,10-12,14H2,1-3H3,(H2,22,24,25);1H. The lowest BCUT2D eigenvalue weighted by Gasteiger charge is -2.14. The third-order valence-electron chi connectivity index (χ3n) is 4.04. The Morgan fingerprint density at radius 3 is 2.71 bits per heavy atom. The van der Waals surface area contributed by atoms with Gasteiger partial charge in [-0.15, -0.1) is 24.0 Å². The zero-order valence-electron chi connectivity index (χ0n) is 16.5. The average molecular weight is 502 g/mol. The number of aromatic nitrogens is 1. The van der Waals surface area contributed by atoms with Crippen LogP contribution in [0.1, 0.15) is 16.7 Å². The van der Waals surface area contributed by atoms with Gasteiger partial charge in [0.15, 0.2) is 5.96 Å². The van der Waals surface area contributed by atoms with Crippen LogP contribution in [0.5, 0.6) is 5.88 Å². The first-order valence-corrected chi connectivity index (χ1v) is 8.89. The van der Waals surface area contributed by atoms with Gasteiger partial charge in [-0.2, -0.15) is 0 Å². The molecule has 28 heavy (non-hydrogen) atoms. The number of guanidine groups is 1. The Balaban J connectivity index is 0.00000392. The van der Waals surface area contributed by atoms with Crippen LogP contribution in [0.4, 0.5) is 4.39 Å². The summed E-state index contributed by atoms with van der Waals surface area (Å²) in [6.45, 7) is 4.10. The lowest BCUT2D eigenvalue weighted by atomic mass is 10.1. The van der Waals surface area contributed by atoms with Gasteiger partial charge < -0.3 is 20.1 Å². The number of hydrogen-bond acceptors (Lipinski definition) is 4. The first kappa shape index (κ1) is 24.1. The summed E-state index contributed by atoms with van der Waals surface area (Å²) in [5.41, 5.74) is 3.00. The van der Waals surface area contributed by atoms with E-state index in [1.165, 1.54) is 6.07 Å². The van der Waals surface area contributed by atoms with Crippen molar-refractivity contribution in [3.63, 3.8) is 0 Å². The predicted octanol–water partition coefficient (Wildman–Crippen LogP) is 3.08. The number of nitrogens with zero attached hydrogens (tertiary/aromatic N) is 2. The zero-order chi connectivity index (χ0) is 19.5. The van der Waals surface area contributed by atoms with Gasteiger partial charge in [0.25, 0.3) is 0 Å². The number of nitrogens with one attached hydrogen (secondary N) is 2. The molecule has 0 amide bonds. The quantitative estimate of drug-likeness (QED) is 0.239. The van der Waals surface area contributed by atoms with E-state index in [0.29, 0.717) is 38.1 Å². The number of methoxy groups -OCH3 is 1. The van der Waals surface area contributed by atoms with Gasteiger partial charge in [-0.05, 0) is 42.7 Å². The maximum Gasteiger partial charge on any atom is 0.218 e. The Morgan fingerprint density at radius 2 is 2.00 bits per heavy atom. The van der Waals surface area contributed by atoms with Crippen molar-refractivity contribution in [3.05, 3.63) is 59.0 Å². The Labute approximate surface area is 183 Å². The summed E-state index contributed by atoms with van der Waals surface area (Å²) in [7, 11) is 3.35. The molecule has 1 aromatic heterocycles. The van der Waals surface area contributed by atoms with Crippen LogP contribution in [0, 0.1) is 12.7 Å². The second-order valence-electron chi connectivity index (χ2n) is 5.98. The van der Waals surface area contributed by atoms with E-state index in [0.717, 1.165) is 23.1 Å². The molecule has 0 atom stereocenters. The number of rotatable bonds is 9. The highest BCUT2D eigenvalue weighted by atomic mass is 127. The number of halogens is 2. The highest BCUT2D eigenvalue weighted by Gasteiger charge is 2.06. The molecule has 0 aliphatic rings. The molecule has 8 heteroatoms. The maximum absolute atomic E-state index is 13.2. The fraction of sp³-hybridized carbons (Fsp3) is 0.400. The topological polar surface area (TPSA) is 67.8 Å². The summed E-state index contributed by atoms with van der Waals surface area (Å²) in [6.07, 6.45) is 2.48.